The van der Waals surface area contributed by atoms with Crippen LogP contribution in [0, 0.1) is 0 Å². The number of ether oxygens (including phenoxy) is 1. The molecule has 0 amide bonds. The molecule has 1 unspecified atom stereocenters. The smallest absolute Gasteiger partial charge is 0.302 e. The highest BCUT2D eigenvalue weighted by molar-refractivity contribution is 5.78. The summed E-state index contributed by atoms with van der Waals surface area (Å²) in [6.07, 6.45) is 20.1. The second-order valence-electron chi connectivity index (χ2n) is 6.83. The van der Waals surface area contributed by atoms with E-state index in [0.29, 0.717) is 6.42 Å². The fourth-order valence-corrected chi connectivity index (χ4v) is 2.58. The third kappa shape index (κ3) is 18.9. The number of allylic oxidation sites excluding steroid dienone is 4. The van der Waals surface area contributed by atoms with E-state index in [-0.39, 0.29) is 18.8 Å². The van der Waals surface area contributed by atoms with Crippen LogP contribution in [0.25, 0.3) is 0 Å². The minimum atomic E-state index is -0.875. The van der Waals surface area contributed by atoms with Crippen LogP contribution in [0.3, 0.4) is 0 Å². The highest BCUT2D eigenvalue weighted by Crippen LogP contribution is 2.10. The molecule has 0 saturated heterocycles. The van der Waals surface area contributed by atoms with Gasteiger partial charge >= 0.3 is 5.97 Å². The molecule has 0 aliphatic carbocycles. The molecule has 0 aromatic rings. The van der Waals surface area contributed by atoms with Crippen molar-refractivity contribution >= 4 is 11.8 Å². The molecule has 1 N–H and O–H groups in total. The SMILES string of the molecule is CCCC/C=C\C/C=C\CCCCCCCC(=O)CC(O)COC(C)=O. The van der Waals surface area contributed by atoms with E-state index in [2.05, 4.69) is 36.0 Å². The summed E-state index contributed by atoms with van der Waals surface area (Å²) in [5.41, 5.74) is 0. The van der Waals surface area contributed by atoms with E-state index < -0.39 is 12.1 Å². The first-order chi connectivity index (χ1) is 12.6. The van der Waals surface area contributed by atoms with Crippen LogP contribution < -0.4 is 0 Å². The third-order valence-electron chi connectivity index (χ3n) is 4.10. The van der Waals surface area contributed by atoms with Crippen molar-refractivity contribution in [3.05, 3.63) is 24.3 Å². The normalized spacial score (nSPS) is 12.7. The summed E-state index contributed by atoms with van der Waals surface area (Å²) in [6, 6.07) is 0. The van der Waals surface area contributed by atoms with Crippen LogP contribution >= 0.6 is 0 Å². The Morgan fingerprint density at radius 1 is 0.923 bits per heavy atom. The number of aliphatic hydroxyl groups excluding tert-OH is 1. The van der Waals surface area contributed by atoms with Gasteiger partial charge in [0.2, 0.25) is 0 Å². The first kappa shape index (κ1) is 24.6. The second kappa shape index (κ2) is 18.4. The van der Waals surface area contributed by atoms with Gasteiger partial charge in [0.1, 0.15) is 12.4 Å². The lowest BCUT2D eigenvalue weighted by atomic mass is 10.0. The number of ketones is 1. The number of rotatable bonds is 17. The molecule has 0 aliphatic rings. The third-order valence-corrected chi connectivity index (χ3v) is 4.10. The maximum absolute atomic E-state index is 11.7. The van der Waals surface area contributed by atoms with Gasteiger partial charge in [-0.3, -0.25) is 9.59 Å². The lowest BCUT2D eigenvalue weighted by Crippen LogP contribution is -2.20. The van der Waals surface area contributed by atoms with Crippen LogP contribution in [0.5, 0.6) is 0 Å². The highest BCUT2D eigenvalue weighted by Gasteiger charge is 2.11. The van der Waals surface area contributed by atoms with Crippen LogP contribution in [0.15, 0.2) is 24.3 Å². The Kier molecular flexibility index (Phi) is 17.4. The van der Waals surface area contributed by atoms with E-state index in [1.165, 1.54) is 39.0 Å². The van der Waals surface area contributed by atoms with Crippen molar-refractivity contribution in [2.75, 3.05) is 6.61 Å². The maximum Gasteiger partial charge on any atom is 0.302 e. The minimum absolute atomic E-state index is 0.0413. The van der Waals surface area contributed by atoms with Gasteiger partial charge in [-0.05, 0) is 32.1 Å². The molecule has 0 fully saturated rings. The number of unbranched alkanes of at least 4 members (excludes halogenated alkanes) is 7. The van der Waals surface area contributed by atoms with Crippen molar-refractivity contribution in [3.8, 4) is 0 Å². The number of aliphatic hydroxyl groups is 1. The molecule has 0 spiro atoms. The van der Waals surface area contributed by atoms with E-state index in [4.69, 9.17) is 0 Å². The van der Waals surface area contributed by atoms with Crippen molar-refractivity contribution in [2.24, 2.45) is 0 Å². The summed E-state index contributed by atoms with van der Waals surface area (Å²) in [7, 11) is 0. The first-order valence-electron chi connectivity index (χ1n) is 10.2. The van der Waals surface area contributed by atoms with Gasteiger partial charge in [-0.15, -0.1) is 0 Å². The Labute approximate surface area is 159 Å². The number of carbonyl (C=O) groups is 2. The van der Waals surface area contributed by atoms with Crippen molar-refractivity contribution in [1.82, 2.24) is 0 Å². The average Bonchev–Trinajstić information content (AvgIpc) is 2.60. The molecule has 0 aliphatic heterocycles. The largest absolute Gasteiger partial charge is 0.463 e. The molecular weight excluding hydrogens is 328 g/mol. The Balaban J connectivity index is 3.40. The van der Waals surface area contributed by atoms with Crippen molar-refractivity contribution in [1.29, 1.82) is 0 Å². The number of hydrogen-bond donors (Lipinski definition) is 1. The van der Waals surface area contributed by atoms with Gasteiger partial charge in [0, 0.05) is 19.8 Å². The van der Waals surface area contributed by atoms with Gasteiger partial charge in [0.25, 0.3) is 0 Å². The lowest BCUT2D eigenvalue weighted by molar-refractivity contribution is -0.145. The molecule has 150 valence electrons. The fraction of sp³-hybridized carbons (Fsp3) is 0.727. The topological polar surface area (TPSA) is 63.6 Å². The first-order valence-corrected chi connectivity index (χ1v) is 10.2. The van der Waals surface area contributed by atoms with Crippen LogP contribution in [0.4, 0.5) is 0 Å². The average molecular weight is 367 g/mol. The molecule has 0 aromatic carbocycles. The van der Waals surface area contributed by atoms with E-state index in [1.54, 1.807) is 0 Å². The Bertz CT molecular complexity index is 412. The summed E-state index contributed by atoms with van der Waals surface area (Å²) in [6.45, 7) is 3.41. The molecule has 0 heterocycles. The van der Waals surface area contributed by atoms with Crippen molar-refractivity contribution < 1.29 is 19.4 Å². The van der Waals surface area contributed by atoms with Gasteiger partial charge in [-0.2, -0.15) is 0 Å². The van der Waals surface area contributed by atoms with Gasteiger partial charge < -0.3 is 9.84 Å². The Hall–Kier alpha value is -1.42. The van der Waals surface area contributed by atoms with Crippen molar-refractivity contribution in [3.63, 3.8) is 0 Å². The minimum Gasteiger partial charge on any atom is -0.463 e. The number of hydrogen-bond acceptors (Lipinski definition) is 4. The predicted octanol–water partition coefficient (Wildman–Crippen LogP) is 5.29. The van der Waals surface area contributed by atoms with E-state index in [1.807, 2.05) is 0 Å². The summed E-state index contributed by atoms with van der Waals surface area (Å²) in [5.74, 6) is -0.394. The highest BCUT2D eigenvalue weighted by atomic mass is 16.5. The number of carbonyl (C=O) groups excluding carboxylic acids is 2. The molecule has 0 bridgehead atoms. The molecule has 26 heavy (non-hydrogen) atoms. The zero-order valence-electron chi connectivity index (χ0n) is 16.8. The quantitative estimate of drug-likeness (QED) is 0.216. The summed E-state index contributed by atoms with van der Waals surface area (Å²) in [4.78, 5) is 22.3. The van der Waals surface area contributed by atoms with Crippen LogP contribution in [-0.4, -0.2) is 29.6 Å². The molecule has 4 heteroatoms. The van der Waals surface area contributed by atoms with Gasteiger partial charge in [0.05, 0.1) is 6.10 Å². The molecule has 0 saturated carbocycles. The van der Waals surface area contributed by atoms with E-state index in [9.17, 15) is 14.7 Å². The van der Waals surface area contributed by atoms with E-state index in [0.717, 1.165) is 32.1 Å². The van der Waals surface area contributed by atoms with E-state index >= 15 is 0 Å². The maximum atomic E-state index is 11.7. The molecule has 0 aromatic heterocycles. The van der Waals surface area contributed by atoms with Crippen LogP contribution in [0.2, 0.25) is 0 Å². The van der Waals surface area contributed by atoms with Gasteiger partial charge in [-0.25, -0.2) is 0 Å². The number of Topliss-reactive ketones (excluding diaryl/α,β-unsaturated/α-hetero) is 1. The van der Waals surface area contributed by atoms with Crippen molar-refractivity contribution in [2.45, 2.75) is 97.0 Å². The van der Waals surface area contributed by atoms with Crippen LogP contribution in [0.1, 0.15) is 90.9 Å². The van der Waals surface area contributed by atoms with Gasteiger partial charge in [0.15, 0.2) is 0 Å². The second-order valence-corrected chi connectivity index (χ2v) is 6.83. The molecule has 1 atom stereocenters. The van der Waals surface area contributed by atoms with Gasteiger partial charge in [-0.1, -0.05) is 63.3 Å². The Morgan fingerprint density at radius 3 is 2.19 bits per heavy atom. The fourth-order valence-electron chi connectivity index (χ4n) is 2.58. The molecule has 0 rings (SSSR count). The molecule has 0 radical (unpaired) electrons. The summed E-state index contributed by atoms with van der Waals surface area (Å²) < 4.78 is 4.68. The molecular formula is C22H38O4. The monoisotopic (exact) mass is 366 g/mol. The Morgan fingerprint density at radius 2 is 1.54 bits per heavy atom. The number of esters is 1. The zero-order chi connectivity index (χ0) is 19.5. The molecule has 4 nitrogen and oxygen atoms in total. The van der Waals surface area contributed by atoms with Crippen LogP contribution in [-0.2, 0) is 14.3 Å². The summed E-state index contributed by atoms with van der Waals surface area (Å²) >= 11 is 0. The lowest BCUT2D eigenvalue weighted by Gasteiger charge is -2.09. The zero-order valence-corrected chi connectivity index (χ0v) is 16.8. The predicted molar refractivity (Wildman–Crippen MR) is 107 cm³/mol. The standard InChI is InChI=1S/C22H38O4/c1-3-4-5-6-7-8-9-10-11-12-13-14-15-16-17-21(24)18-22(25)19-26-20(2)23/h6-7,9-10,22,25H,3-5,8,11-19H2,1-2H3/b7-6-,10-9-. The summed E-state index contributed by atoms with van der Waals surface area (Å²) in [5, 5.41) is 9.58.